The van der Waals surface area contributed by atoms with Gasteiger partial charge in [-0.3, -0.25) is 52.7 Å². The summed E-state index contributed by atoms with van der Waals surface area (Å²) in [5.41, 5.74) is 0. The van der Waals surface area contributed by atoms with E-state index in [-0.39, 0.29) is 75.2 Å². The number of nitrogens with one attached hydrogen (secondary N) is 4. The van der Waals surface area contributed by atoms with E-state index in [0.717, 1.165) is 14.7 Å². The number of likely N-dealkylation sites (N-methyl/N-ethyl adjacent to an activating group) is 7. The highest BCUT2D eigenvalue weighted by molar-refractivity contribution is 6.00. The molecule has 1 rings (SSSR count). The number of carbonyl (C=O) groups is 12. The van der Waals surface area contributed by atoms with Crippen molar-refractivity contribution < 1.29 is 67.4 Å². The average molecular weight is 1300 g/mol. The second kappa shape index (κ2) is 39.3. The molecule has 0 saturated carbocycles. The molecule has 526 valence electrons. The fourth-order valence-corrected chi connectivity index (χ4v) is 11.4. The minimum atomic E-state index is -1.68. The van der Waals surface area contributed by atoms with Gasteiger partial charge in [0.1, 0.15) is 72.7 Å². The maximum Gasteiger partial charge on any atom is 0.248 e. The topological polar surface area (TPSA) is 305 Å². The molecule has 1 saturated heterocycles. The Morgan fingerprint density at radius 2 is 0.924 bits per heavy atom. The Kier molecular flexibility index (Phi) is 35.6. The first-order valence-electron chi connectivity index (χ1n) is 33.1. The summed E-state index contributed by atoms with van der Waals surface area (Å²) < 4.78 is 5.82. The van der Waals surface area contributed by atoms with Crippen molar-refractivity contribution in [3.05, 3.63) is 12.2 Å². The lowest BCUT2D eigenvalue weighted by molar-refractivity contribution is -0.157. The van der Waals surface area contributed by atoms with Crippen LogP contribution in [0.25, 0.3) is 0 Å². The van der Waals surface area contributed by atoms with E-state index in [9.17, 15) is 38.7 Å². The molecular weight excluding hydrogens is 1180 g/mol. The second-order valence-corrected chi connectivity index (χ2v) is 27.7. The van der Waals surface area contributed by atoms with E-state index in [1.54, 1.807) is 60.6 Å². The van der Waals surface area contributed by atoms with Gasteiger partial charge < -0.3 is 70.2 Å². The van der Waals surface area contributed by atoms with Crippen LogP contribution in [0.15, 0.2) is 12.2 Å². The molecule has 0 radical (unpaired) electrons. The van der Waals surface area contributed by atoms with E-state index in [1.165, 1.54) is 82.8 Å². The number of hydrogen-bond donors (Lipinski definition) is 5. The summed E-state index contributed by atoms with van der Waals surface area (Å²) in [4.78, 5) is 183. The van der Waals surface area contributed by atoms with Crippen LogP contribution in [0.1, 0.15) is 169 Å². The molecule has 0 aliphatic carbocycles. The summed E-state index contributed by atoms with van der Waals surface area (Å²) in [7, 11) is 9.77. The smallest absolute Gasteiger partial charge is 0.248 e. The van der Waals surface area contributed by atoms with Crippen molar-refractivity contribution in [2.24, 2.45) is 41.4 Å². The quantitative estimate of drug-likeness (QED) is 0.0623. The third-order valence-corrected chi connectivity index (χ3v) is 17.4. The molecule has 0 bridgehead atoms. The van der Waals surface area contributed by atoms with Crippen LogP contribution in [0, 0.1) is 41.4 Å². The largest absolute Gasteiger partial charge is 0.390 e. The molecule has 1 heterocycles. The lowest BCUT2D eigenvalue weighted by Gasteiger charge is -2.41. The summed E-state index contributed by atoms with van der Waals surface area (Å²) >= 11 is 0. The van der Waals surface area contributed by atoms with Crippen LogP contribution in [0.3, 0.4) is 0 Å². The SMILES string of the molecule is C/C=C/C[C@@H](C)[C@@H](O)[C@H]1C(=O)N[C@@H](CC)C(=O)N(C)[C@H](COCCC=O)C(=O)N(C)[C@@H](CC(C)C)C(=O)N[C@H](C(C)C)C(=O)N(C)[C@H](CCC(C)C)C(=O)N[C@H](C)C(=O)N[C@@H](C)C(=O)N(C)[C@@H](CC(C)C)C(=O)N(C)[C@@H](CC(C)C)C(=O)N(C)[C@@H](C(C)C)C(=O)N1C. The molecule has 92 heavy (non-hydrogen) atoms. The van der Waals surface area contributed by atoms with Crippen LogP contribution in [0.2, 0.25) is 0 Å². The Morgan fingerprint density at radius 1 is 0.478 bits per heavy atom. The van der Waals surface area contributed by atoms with Crippen molar-refractivity contribution >= 4 is 71.3 Å². The van der Waals surface area contributed by atoms with Gasteiger partial charge in [-0.1, -0.05) is 109 Å². The van der Waals surface area contributed by atoms with Crippen LogP contribution < -0.4 is 21.3 Å². The minimum absolute atomic E-state index is 0.0503. The fourth-order valence-electron chi connectivity index (χ4n) is 11.4. The van der Waals surface area contributed by atoms with Gasteiger partial charge in [0, 0.05) is 55.8 Å². The predicted octanol–water partition coefficient (Wildman–Crippen LogP) is 3.63. The molecule has 25 heteroatoms. The van der Waals surface area contributed by atoms with Crippen LogP contribution in [-0.2, 0) is 62.3 Å². The molecule has 0 spiro atoms. The average Bonchev–Trinajstić information content (AvgIpc) is 0.819. The standard InChI is InChI=1S/C67H119N11O14/c1-25-27-29-44(15)56(80)55-60(84)70-47(26-2)62(86)76(22)52(37-92-33-28-32-79)65(89)73(19)49(34-39(5)6)59(83)71-53(42(11)12)66(90)72(18)48(31-30-38(3)4)58(82)68-45(16)57(81)69-46(17)61(85)74(20)50(35-40(7)8)63(87)75(21)51(36-41(9)10)64(88)77(23)54(43(13)14)67(91)78(55)24/h25,27,32,38-56,80H,26,28-31,33-37H2,1-24H3,(H,68,82)(H,69,81)(H,70,84)(H,71,83)/b27-25+/t44-,45-,46+,47+,48-,49+,50+,51+,52-,53-,54+,55+,56-/m1/s1. The Hall–Kier alpha value is -6.50. The van der Waals surface area contributed by atoms with Crippen LogP contribution in [-0.4, -0.2) is 246 Å². The maximum atomic E-state index is 15.3. The van der Waals surface area contributed by atoms with E-state index in [2.05, 4.69) is 21.3 Å². The van der Waals surface area contributed by atoms with Crippen molar-refractivity contribution in [2.45, 2.75) is 242 Å². The number of aldehydes is 1. The number of rotatable bonds is 21. The number of nitrogens with zero attached hydrogens (tertiary/aromatic N) is 7. The normalized spacial score (nSPS) is 26.5. The number of carbonyl (C=O) groups excluding carboxylic acids is 12. The van der Waals surface area contributed by atoms with Crippen molar-refractivity contribution in [3.63, 3.8) is 0 Å². The first kappa shape index (κ1) is 83.5. The molecule has 1 aliphatic rings. The molecule has 0 unspecified atom stereocenters. The van der Waals surface area contributed by atoms with Crippen LogP contribution in [0.5, 0.6) is 0 Å². The Morgan fingerprint density at radius 3 is 1.40 bits per heavy atom. The Bertz CT molecular complexity index is 2510. The fraction of sp³-hybridized carbons (Fsp3) is 0.791. The zero-order chi connectivity index (χ0) is 71.1. The number of amides is 11. The van der Waals surface area contributed by atoms with Gasteiger partial charge in [0.15, 0.2) is 0 Å². The summed E-state index contributed by atoms with van der Waals surface area (Å²) in [6.45, 7) is 29.2. The van der Waals surface area contributed by atoms with Gasteiger partial charge in [-0.15, -0.1) is 0 Å². The van der Waals surface area contributed by atoms with E-state index in [1.807, 2.05) is 55.4 Å². The lowest BCUT2D eigenvalue weighted by atomic mass is 9.91. The first-order chi connectivity index (χ1) is 42.7. The minimum Gasteiger partial charge on any atom is -0.390 e. The summed E-state index contributed by atoms with van der Waals surface area (Å²) in [6, 6.07) is -14.4. The third-order valence-electron chi connectivity index (χ3n) is 17.4. The van der Waals surface area contributed by atoms with E-state index in [4.69, 9.17) is 4.74 Å². The zero-order valence-corrected chi connectivity index (χ0v) is 60.2. The van der Waals surface area contributed by atoms with Gasteiger partial charge in [0.2, 0.25) is 65.0 Å². The summed E-state index contributed by atoms with van der Waals surface area (Å²) in [6.07, 6.45) is 3.76. The number of allylic oxidation sites excluding steroid dienone is 2. The lowest BCUT2D eigenvalue weighted by Crippen LogP contribution is -2.64. The number of ether oxygens (including phenoxy) is 1. The second-order valence-electron chi connectivity index (χ2n) is 27.7. The van der Waals surface area contributed by atoms with E-state index >= 15 is 24.0 Å². The zero-order valence-electron chi connectivity index (χ0n) is 60.2. The highest BCUT2D eigenvalue weighted by Crippen LogP contribution is 2.26. The molecule has 0 aromatic heterocycles. The van der Waals surface area contributed by atoms with Gasteiger partial charge in [0.05, 0.1) is 19.3 Å². The molecule has 5 N–H and O–H groups in total. The molecule has 11 amide bonds. The third kappa shape index (κ3) is 23.8. The van der Waals surface area contributed by atoms with Crippen molar-refractivity contribution in [1.82, 2.24) is 55.6 Å². The molecular formula is C67H119N11O14. The highest BCUT2D eigenvalue weighted by Gasteiger charge is 2.46. The molecule has 1 fully saturated rings. The molecule has 0 aromatic carbocycles. The van der Waals surface area contributed by atoms with Crippen molar-refractivity contribution in [1.29, 1.82) is 0 Å². The Balaban J connectivity index is 4.53. The summed E-state index contributed by atoms with van der Waals surface area (Å²) in [5, 5.41) is 23.3. The van der Waals surface area contributed by atoms with E-state index in [0.29, 0.717) is 12.7 Å². The van der Waals surface area contributed by atoms with Crippen molar-refractivity contribution in [2.75, 3.05) is 62.5 Å². The van der Waals surface area contributed by atoms with Gasteiger partial charge in [0.25, 0.3) is 0 Å². The van der Waals surface area contributed by atoms with Crippen LogP contribution in [0.4, 0.5) is 0 Å². The Labute approximate surface area is 549 Å². The van der Waals surface area contributed by atoms with Gasteiger partial charge in [-0.2, -0.15) is 0 Å². The van der Waals surface area contributed by atoms with Crippen molar-refractivity contribution in [3.8, 4) is 0 Å². The number of aliphatic hydroxyl groups is 1. The molecule has 25 nitrogen and oxygen atoms in total. The van der Waals surface area contributed by atoms with Gasteiger partial charge in [-0.05, 0) is 107 Å². The molecule has 13 atom stereocenters. The number of aliphatic hydroxyl groups excluding tert-OH is 1. The molecule has 0 aromatic rings. The number of hydrogen-bond acceptors (Lipinski definition) is 14. The first-order valence-corrected chi connectivity index (χ1v) is 33.1. The van der Waals surface area contributed by atoms with Crippen LogP contribution >= 0.6 is 0 Å². The highest BCUT2D eigenvalue weighted by atomic mass is 16.5. The van der Waals surface area contributed by atoms with Gasteiger partial charge in [-0.25, -0.2) is 0 Å². The maximum absolute atomic E-state index is 15.3. The monoisotopic (exact) mass is 1300 g/mol. The predicted molar refractivity (Wildman–Crippen MR) is 353 cm³/mol. The van der Waals surface area contributed by atoms with Gasteiger partial charge >= 0.3 is 0 Å². The molecule has 1 aliphatic heterocycles. The summed E-state index contributed by atoms with van der Waals surface area (Å²) in [5.74, 6) is -10.3. The van der Waals surface area contributed by atoms with E-state index < -0.39 is 162 Å².